The van der Waals surface area contributed by atoms with Crippen LogP contribution >= 0.6 is 0 Å². The van der Waals surface area contributed by atoms with Gasteiger partial charge in [0.05, 0.1) is 17.6 Å². The van der Waals surface area contributed by atoms with Crippen molar-refractivity contribution in [3.05, 3.63) is 54.1 Å². The van der Waals surface area contributed by atoms with Crippen LogP contribution in [0.25, 0.3) is 33.4 Å². The Morgan fingerprint density at radius 1 is 1.27 bits per heavy atom. The van der Waals surface area contributed by atoms with Crippen molar-refractivity contribution in [3.8, 4) is 28.6 Å². The molecule has 0 spiro atoms. The van der Waals surface area contributed by atoms with Crippen molar-refractivity contribution in [3.63, 3.8) is 0 Å². The summed E-state index contributed by atoms with van der Waals surface area (Å²) in [7, 11) is 0. The van der Waals surface area contributed by atoms with Gasteiger partial charge in [0.1, 0.15) is 23.3 Å². The minimum Gasteiger partial charge on any atom is -0.383 e. The smallest absolute Gasteiger partial charge is 0.142 e. The molecule has 4 rings (SSSR count). The number of hydrogen-bond acceptors (Lipinski definition) is 4. The normalized spacial score (nSPS) is 11.0. The van der Waals surface area contributed by atoms with Crippen molar-refractivity contribution >= 4 is 16.7 Å². The van der Waals surface area contributed by atoms with Crippen LogP contribution in [0.3, 0.4) is 0 Å². The average Bonchev–Trinajstić information content (AvgIpc) is 3.24. The highest BCUT2D eigenvalue weighted by molar-refractivity contribution is 5.96. The van der Waals surface area contributed by atoms with Gasteiger partial charge in [0.2, 0.25) is 0 Å². The average molecular weight is 342 g/mol. The van der Waals surface area contributed by atoms with E-state index in [-0.39, 0.29) is 5.82 Å². The number of aryl methyl sites for hydroxylation is 2. The summed E-state index contributed by atoms with van der Waals surface area (Å²) in [5, 5.41) is 10.6. The number of fused-ring (bicyclic) bond motifs is 1. The molecule has 128 valence electrons. The molecule has 0 radical (unpaired) electrons. The van der Waals surface area contributed by atoms with E-state index in [1.807, 2.05) is 25.1 Å². The maximum absolute atomic E-state index is 9.53. The molecule has 0 atom stereocenters. The van der Waals surface area contributed by atoms with E-state index in [2.05, 4.69) is 50.8 Å². The molecule has 0 fully saturated rings. The summed E-state index contributed by atoms with van der Waals surface area (Å²) in [6.07, 6.45) is 3.80. The molecule has 1 aromatic carbocycles. The van der Waals surface area contributed by atoms with Crippen LogP contribution in [-0.4, -0.2) is 19.5 Å². The Kier molecular flexibility index (Phi) is 3.70. The Bertz CT molecular complexity index is 1160. The Morgan fingerprint density at radius 2 is 2.08 bits per heavy atom. The summed E-state index contributed by atoms with van der Waals surface area (Å²) in [4.78, 5) is 11.9. The van der Waals surface area contributed by atoms with Crippen LogP contribution in [0.15, 0.2) is 42.7 Å². The van der Waals surface area contributed by atoms with Gasteiger partial charge in [-0.3, -0.25) is 0 Å². The van der Waals surface area contributed by atoms with Gasteiger partial charge in [0, 0.05) is 34.8 Å². The maximum atomic E-state index is 9.53. The number of nitriles is 1. The predicted molar refractivity (Wildman–Crippen MR) is 102 cm³/mol. The molecule has 0 unspecified atom stereocenters. The summed E-state index contributed by atoms with van der Waals surface area (Å²) in [5.41, 5.74) is 10.8. The molecule has 0 bridgehead atoms. The zero-order valence-corrected chi connectivity index (χ0v) is 14.6. The minimum atomic E-state index is 0.223. The quantitative estimate of drug-likeness (QED) is 0.590. The summed E-state index contributed by atoms with van der Waals surface area (Å²) in [5.74, 6) is 1.00. The molecule has 0 aliphatic heterocycles. The number of nitrogens with one attached hydrogen (secondary N) is 1. The summed E-state index contributed by atoms with van der Waals surface area (Å²) < 4.78 is 2.18. The number of pyridine rings is 1. The zero-order chi connectivity index (χ0) is 18.3. The molecule has 3 aromatic heterocycles. The number of aromatic nitrogens is 4. The summed E-state index contributed by atoms with van der Waals surface area (Å²) in [6, 6.07) is 12.3. The zero-order valence-electron chi connectivity index (χ0n) is 14.6. The number of hydrogen-bond donors (Lipinski definition) is 2. The third-order valence-corrected chi connectivity index (χ3v) is 4.56. The first-order valence-corrected chi connectivity index (χ1v) is 8.43. The minimum absolute atomic E-state index is 0.223. The molecule has 0 aliphatic carbocycles. The van der Waals surface area contributed by atoms with Gasteiger partial charge >= 0.3 is 0 Å². The fourth-order valence-corrected chi connectivity index (χ4v) is 3.30. The summed E-state index contributed by atoms with van der Waals surface area (Å²) in [6.45, 7) is 4.84. The largest absolute Gasteiger partial charge is 0.383 e. The Labute approximate surface area is 150 Å². The second-order valence-electron chi connectivity index (χ2n) is 6.16. The molecule has 0 saturated heterocycles. The number of nitrogens with two attached hydrogens (primary N) is 1. The van der Waals surface area contributed by atoms with Crippen molar-refractivity contribution in [1.29, 1.82) is 5.26 Å². The maximum Gasteiger partial charge on any atom is 0.142 e. The molecule has 6 heteroatoms. The van der Waals surface area contributed by atoms with Gasteiger partial charge in [0.15, 0.2) is 0 Å². The SMILES string of the molecule is CCn1cc(-c2cc(-c3cnc(C)[nH]3)c(C#N)c(N)n2)c2ccccc21. The van der Waals surface area contributed by atoms with Crippen molar-refractivity contribution in [2.24, 2.45) is 0 Å². The van der Waals surface area contributed by atoms with Gasteiger partial charge < -0.3 is 15.3 Å². The summed E-state index contributed by atoms with van der Waals surface area (Å²) >= 11 is 0. The molecule has 6 nitrogen and oxygen atoms in total. The highest BCUT2D eigenvalue weighted by Gasteiger charge is 2.17. The van der Waals surface area contributed by atoms with E-state index in [1.165, 1.54) is 0 Å². The van der Waals surface area contributed by atoms with E-state index in [0.717, 1.165) is 40.2 Å². The van der Waals surface area contributed by atoms with Gasteiger partial charge in [-0.05, 0) is 26.0 Å². The van der Waals surface area contributed by atoms with Gasteiger partial charge in [0.25, 0.3) is 0 Å². The van der Waals surface area contributed by atoms with Crippen LogP contribution in [-0.2, 0) is 6.54 Å². The number of imidazole rings is 1. The third kappa shape index (κ3) is 2.42. The number of anilines is 1. The molecule has 0 saturated carbocycles. The van der Waals surface area contributed by atoms with Crippen LogP contribution in [0.4, 0.5) is 5.82 Å². The molecular weight excluding hydrogens is 324 g/mol. The number of benzene rings is 1. The van der Waals surface area contributed by atoms with Crippen LogP contribution in [0, 0.1) is 18.3 Å². The number of para-hydroxylation sites is 1. The number of H-pyrrole nitrogens is 1. The molecule has 26 heavy (non-hydrogen) atoms. The lowest BCUT2D eigenvalue weighted by Gasteiger charge is -2.08. The fourth-order valence-electron chi connectivity index (χ4n) is 3.30. The standard InChI is InChI=1S/C20H18N6/c1-3-26-11-16(13-6-4-5-7-19(13)26)17-8-14(15(9-21)20(22)25-17)18-10-23-12(2)24-18/h4-8,10-11H,3H2,1-2H3,(H2,22,25)(H,23,24). The van der Waals surface area contributed by atoms with Crippen LogP contribution in [0.5, 0.6) is 0 Å². The number of aromatic amines is 1. The van der Waals surface area contributed by atoms with E-state index in [0.29, 0.717) is 11.1 Å². The fraction of sp³-hybridized carbons (Fsp3) is 0.150. The Morgan fingerprint density at radius 3 is 2.77 bits per heavy atom. The van der Waals surface area contributed by atoms with E-state index in [9.17, 15) is 5.26 Å². The second-order valence-corrected chi connectivity index (χ2v) is 6.16. The third-order valence-electron chi connectivity index (χ3n) is 4.56. The molecule has 4 aromatic rings. The molecule has 0 aliphatic rings. The number of nitrogen functional groups attached to an aromatic ring is 1. The van der Waals surface area contributed by atoms with Crippen LogP contribution in [0.1, 0.15) is 18.3 Å². The van der Waals surface area contributed by atoms with Crippen LogP contribution in [0.2, 0.25) is 0 Å². The second kappa shape index (κ2) is 6.05. The first kappa shape index (κ1) is 15.9. The van der Waals surface area contributed by atoms with Gasteiger partial charge in [-0.2, -0.15) is 5.26 Å². The van der Waals surface area contributed by atoms with E-state index >= 15 is 0 Å². The number of nitrogens with zero attached hydrogens (tertiary/aromatic N) is 4. The van der Waals surface area contributed by atoms with E-state index < -0.39 is 0 Å². The first-order valence-electron chi connectivity index (χ1n) is 8.43. The van der Waals surface area contributed by atoms with Crippen molar-refractivity contribution in [2.75, 3.05) is 5.73 Å². The topological polar surface area (TPSA) is 96.3 Å². The molecular formula is C20H18N6. The Hall–Kier alpha value is -3.59. The van der Waals surface area contributed by atoms with Crippen LogP contribution < -0.4 is 5.73 Å². The number of rotatable bonds is 3. The van der Waals surface area contributed by atoms with Gasteiger partial charge in [-0.25, -0.2) is 9.97 Å². The Balaban J connectivity index is 2.00. The lowest BCUT2D eigenvalue weighted by Crippen LogP contribution is -2.00. The van der Waals surface area contributed by atoms with Crippen molar-refractivity contribution in [1.82, 2.24) is 19.5 Å². The van der Waals surface area contributed by atoms with Crippen molar-refractivity contribution in [2.45, 2.75) is 20.4 Å². The molecule has 0 amide bonds. The van der Waals surface area contributed by atoms with Gasteiger partial charge in [-0.15, -0.1) is 0 Å². The predicted octanol–water partition coefficient (Wildman–Crippen LogP) is 3.88. The lowest BCUT2D eigenvalue weighted by molar-refractivity contribution is 0.798. The van der Waals surface area contributed by atoms with E-state index in [4.69, 9.17) is 5.73 Å². The highest BCUT2D eigenvalue weighted by atomic mass is 15.0. The lowest BCUT2D eigenvalue weighted by atomic mass is 10.0. The molecule has 3 heterocycles. The van der Waals surface area contributed by atoms with E-state index in [1.54, 1.807) is 6.20 Å². The monoisotopic (exact) mass is 342 g/mol. The van der Waals surface area contributed by atoms with Crippen molar-refractivity contribution < 1.29 is 0 Å². The first-order chi connectivity index (χ1) is 12.6. The van der Waals surface area contributed by atoms with Gasteiger partial charge in [-0.1, -0.05) is 18.2 Å². The molecule has 3 N–H and O–H groups in total. The highest BCUT2D eigenvalue weighted by Crippen LogP contribution is 2.34.